The number of rotatable bonds is 13. The molecule has 1 heterocycles. The molecule has 180 valence electrons. The monoisotopic (exact) mass is 478 g/mol. The molecule has 0 fully saturated rings. The Morgan fingerprint density at radius 3 is 2.00 bits per heavy atom. The van der Waals surface area contributed by atoms with E-state index in [1.54, 1.807) is 11.3 Å². The number of carbonyl (C=O) groups is 2. The fourth-order valence-electron chi connectivity index (χ4n) is 3.70. The molecule has 0 spiro atoms. The van der Waals surface area contributed by atoms with Crippen LogP contribution in [0.2, 0.25) is 0 Å². The predicted octanol–water partition coefficient (Wildman–Crippen LogP) is 2.60. The van der Waals surface area contributed by atoms with E-state index in [2.05, 4.69) is 22.8 Å². The maximum absolute atomic E-state index is 13.0. The SMILES string of the molecule is NCCCc1ccc(CCNC(=O)[C@@H](Cc2ccccc2)NC(=O)[C@@H](N)Cc2ccccc2)s1. The van der Waals surface area contributed by atoms with E-state index in [1.807, 2.05) is 60.7 Å². The van der Waals surface area contributed by atoms with Crippen LogP contribution in [0.4, 0.5) is 0 Å². The third-order valence-corrected chi connectivity index (χ3v) is 6.77. The first-order chi connectivity index (χ1) is 16.5. The second-order valence-corrected chi connectivity index (χ2v) is 9.60. The van der Waals surface area contributed by atoms with E-state index in [1.165, 1.54) is 9.75 Å². The van der Waals surface area contributed by atoms with Crippen LogP contribution < -0.4 is 22.1 Å². The number of nitrogens with one attached hydrogen (secondary N) is 2. The van der Waals surface area contributed by atoms with E-state index < -0.39 is 12.1 Å². The van der Waals surface area contributed by atoms with Crippen LogP contribution in [0.15, 0.2) is 72.8 Å². The molecule has 3 aromatic rings. The molecule has 0 unspecified atom stereocenters. The van der Waals surface area contributed by atoms with Crippen molar-refractivity contribution in [2.45, 2.75) is 44.2 Å². The Morgan fingerprint density at radius 2 is 1.38 bits per heavy atom. The largest absolute Gasteiger partial charge is 0.354 e. The van der Waals surface area contributed by atoms with Crippen LogP contribution >= 0.6 is 11.3 Å². The van der Waals surface area contributed by atoms with Gasteiger partial charge in [0.2, 0.25) is 11.8 Å². The number of amides is 2. The molecule has 2 amide bonds. The number of benzene rings is 2. The molecule has 34 heavy (non-hydrogen) atoms. The third-order valence-electron chi connectivity index (χ3n) is 5.57. The Morgan fingerprint density at radius 1 is 0.794 bits per heavy atom. The highest BCUT2D eigenvalue weighted by Gasteiger charge is 2.24. The Balaban J connectivity index is 1.57. The van der Waals surface area contributed by atoms with Crippen LogP contribution in [0.5, 0.6) is 0 Å². The fraction of sp³-hybridized carbons (Fsp3) is 0.333. The summed E-state index contributed by atoms with van der Waals surface area (Å²) in [5.41, 5.74) is 13.7. The summed E-state index contributed by atoms with van der Waals surface area (Å²) in [7, 11) is 0. The van der Waals surface area contributed by atoms with E-state index in [-0.39, 0.29) is 11.8 Å². The molecule has 3 rings (SSSR count). The van der Waals surface area contributed by atoms with E-state index in [4.69, 9.17) is 11.5 Å². The summed E-state index contributed by atoms with van der Waals surface area (Å²) >= 11 is 1.76. The van der Waals surface area contributed by atoms with Gasteiger partial charge < -0.3 is 22.1 Å². The molecule has 0 bridgehead atoms. The molecule has 0 saturated heterocycles. The lowest BCUT2D eigenvalue weighted by Crippen LogP contribution is -2.53. The van der Waals surface area contributed by atoms with Gasteiger partial charge in [0.25, 0.3) is 0 Å². The standard InChI is InChI=1S/C27H34N4O2S/c28-16-7-12-22-13-14-23(34-22)15-17-30-27(33)25(19-21-10-5-2-6-11-21)31-26(32)24(29)18-20-8-3-1-4-9-20/h1-6,8-11,13-14,24-25H,7,12,15-19,28-29H2,(H,30,33)(H,31,32)/t24-,25+/m0/s1. The van der Waals surface area contributed by atoms with Gasteiger partial charge in [-0.1, -0.05) is 60.7 Å². The highest BCUT2D eigenvalue weighted by Crippen LogP contribution is 2.18. The van der Waals surface area contributed by atoms with Gasteiger partial charge in [-0.05, 0) is 55.5 Å². The minimum atomic E-state index is -0.730. The number of hydrogen-bond donors (Lipinski definition) is 4. The smallest absolute Gasteiger partial charge is 0.242 e. The molecule has 1 aromatic heterocycles. The first-order valence-corrected chi connectivity index (χ1v) is 12.6. The minimum absolute atomic E-state index is 0.205. The first-order valence-electron chi connectivity index (χ1n) is 11.7. The number of hydrogen-bond acceptors (Lipinski definition) is 5. The van der Waals surface area contributed by atoms with Gasteiger partial charge in [0.1, 0.15) is 6.04 Å². The Hall–Kier alpha value is -3.00. The van der Waals surface area contributed by atoms with Crippen molar-refractivity contribution < 1.29 is 9.59 Å². The number of thiophene rings is 1. The van der Waals surface area contributed by atoms with Gasteiger partial charge in [-0.15, -0.1) is 11.3 Å². The van der Waals surface area contributed by atoms with Gasteiger partial charge in [0, 0.05) is 22.7 Å². The molecular weight excluding hydrogens is 444 g/mol. The molecule has 7 heteroatoms. The van der Waals surface area contributed by atoms with Gasteiger partial charge >= 0.3 is 0 Å². The second kappa shape index (κ2) is 13.6. The zero-order valence-electron chi connectivity index (χ0n) is 19.4. The van der Waals surface area contributed by atoms with Gasteiger partial charge in [-0.3, -0.25) is 9.59 Å². The predicted molar refractivity (Wildman–Crippen MR) is 139 cm³/mol. The lowest BCUT2D eigenvalue weighted by atomic mass is 10.0. The van der Waals surface area contributed by atoms with E-state index in [0.717, 1.165) is 30.4 Å². The van der Waals surface area contributed by atoms with E-state index in [0.29, 0.717) is 25.9 Å². The third kappa shape index (κ3) is 8.41. The van der Waals surface area contributed by atoms with Gasteiger partial charge in [-0.25, -0.2) is 0 Å². The molecule has 6 nitrogen and oxygen atoms in total. The molecule has 2 aromatic carbocycles. The van der Waals surface area contributed by atoms with Crippen molar-refractivity contribution in [3.63, 3.8) is 0 Å². The van der Waals surface area contributed by atoms with Crippen LogP contribution in [0.25, 0.3) is 0 Å². The topological polar surface area (TPSA) is 110 Å². The van der Waals surface area contributed by atoms with Crippen molar-refractivity contribution in [2.75, 3.05) is 13.1 Å². The highest BCUT2D eigenvalue weighted by molar-refractivity contribution is 7.12. The zero-order chi connectivity index (χ0) is 24.2. The average molecular weight is 479 g/mol. The summed E-state index contributed by atoms with van der Waals surface area (Å²) < 4.78 is 0. The van der Waals surface area contributed by atoms with Crippen molar-refractivity contribution in [1.29, 1.82) is 0 Å². The van der Waals surface area contributed by atoms with Crippen molar-refractivity contribution in [1.82, 2.24) is 10.6 Å². The summed E-state index contributed by atoms with van der Waals surface area (Å²) in [5.74, 6) is -0.535. The van der Waals surface area contributed by atoms with Crippen molar-refractivity contribution in [3.05, 3.63) is 93.7 Å². The fourth-order valence-corrected chi connectivity index (χ4v) is 4.76. The molecule has 0 aliphatic rings. The number of nitrogens with two attached hydrogens (primary N) is 2. The summed E-state index contributed by atoms with van der Waals surface area (Å²) in [6.07, 6.45) is 3.53. The maximum atomic E-state index is 13.0. The van der Waals surface area contributed by atoms with Crippen molar-refractivity contribution in [2.24, 2.45) is 11.5 Å². The molecule has 6 N–H and O–H groups in total. The van der Waals surface area contributed by atoms with Gasteiger partial charge in [0.05, 0.1) is 6.04 Å². The van der Waals surface area contributed by atoms with Crippen LogP contribution in [0, 0.1) is 0 Å². The molecular formula is C27H34N4O2S. The molecule has 2 atom stereocenters. The first kappa shape index (κ1) is 25.6. The molecule has 0 aliphatic heterocycles. The second-order valence-electron chi connectivity index (χ2n) is 8.35. The normalized spacial score (nSPS) is 12.6. The number of aryl methyl sites for hydroxylation is 1. The van der Waals surface area contributed by atoms with E-state index >= 15 is 0 Å². The van der Waals surface area contributed by atoms with Gasteiger partial charge in [0.15, 0.2) is 0 Å². The van der Waals surface area contributed by atoms with Gasteiger partial charge in [-0.2, -0.15) is 0 Å². The summed E-state index contributed by atoms with van der Waals surface area (Å²) in [4.78, 5) is 28.4. The van der Waals surface area contributed by atoms with Crippen molar-refractivity contribution in [3.8, 4) is 0 Å². The van der Waals surface area contributed by atoms with Crippen LogP contribution in [-0.4, -0.2) is 37.0 Å². The summed E-state index contributed by atoms with van der Waals surface area (Å²) in [6.45, 7) is 1.19. The number of carbonyl (C=O) groups excluding carboxylic acids is 2. The lowest BCUT2D eigenvalue weighted by molar-refractivity contribution is -0.129. The lowest BCUT2D eigenvalue weighted by Gasteiger charge is -2.21. The minimum Gasteiger partial charge on any atom is -0.354 e. The summed E-state index contributed by atoms with van der Waals surface area (Å²) in [6, 6.07) is 22.1. The summed E-state index contributed by atoms with van der Waals surface area (Å²) in [5, 5.41) is 5.87. The quantitative estimate of drug-likeness (QED) is 0.303. The highest BCUT2D eigenvalue weighted by atomic mass is 32.1. The van der Waals surface area contributed by atoms with Crippen LogP contribution in [-0.2, 0) is 35.3 Å². The molecule has 0 saturated carbocycles. The maximum Gasteiger partial charge on any atom is 0.242 e. The van der Waals surface area contributed by atoms with Crippen LogP contribution in [0.3, 0.4) is 0 Å². The Bertz CT molecular complexity index is 1020. The van der Waals surface area contributed by atoms with Crippen LogP contribution in [0.1, 0.15) is 27.3 Å². The zero-order valence-corrected chi connectivity index (χ0v) is 20.2. The molecule has 0 aliphatic carbocycles. The molecule has 0 radical (unpaired) electrons. The average Bonchev–Trinajstić information content (AvgIpc) is 3.31. The van der Waals surface area contributed by atoms with Crippen molar-refractivity contribution >= 4 is 23.2 Å². The Kier molecular flexibility index (Phi) is 10.3. The Labute approximate surface area is 205 Å². The van der Waals surface area contributed by atoms with E-state index in [9.17, 15) is 9.59 Å².